The summed E-state index contributed by atoms with van der Waals surface area (Å²) in [4.78, 5) is 11.7. The normalized spacial score (nSPS) is 21.2. The Bertz CT molecular complexity index is 1520. The minimum atomic E-state index is -3.88. The van der Waals surface area contributed by atoms with E-state index in [1.807, 2.05) is 0 Å². The summed E-state index contributed by atoms with van der Waals surface area (Å²) < 4.78 is 58.0. The first-order valence-corrected chi connectivity index (χ1v) is 14.3. The lowest BCUT2D eigenvalue weighted by Crippen LogP contribution is -2.48. The van der Waals surface area contributed by atoms with Crippen LogP contribution in [0.5, 0.6) is 0 Å². The van der Waals surface area contributed by atoms with Crippen LogP contribution in [-0.2, 0) is 15.4 Å². The van der Waals surface area contributed by atoms with E-state index in [2.05, 4.69) is 34.7 Å². The molecule has 2 N–H and O–H groups in total. The van der Waals surface area contributed by atoms with Gasteiger partial charge in [-0.25, -0.2) is 22.0 Å². The van der Waals surface area contributed by atoms with Gasteiger partial charge in [0.15, 0.2) is 0 Å². The number of anilines is 1. The monoisotopic (exact) mass is 555 g/mol. The molecule has 2 atom stereocenters. The number of hydrogen-bond donors (Lipinski definition) is 2. The van der Waals surface area contributed by atoms with E-state index in [1.54, 1.807) is 25.1 Å². The number of amides is 2. The van der Waals surface area contributed by atoms with E-state index in [9.17, 15) is 22.0 Å². The highest BCUT2D eigenvalue weighted by Gasteiger charge is 2.64. The van der Waals surface area contributed by atoms with Crippen molar-refractivity contribution in [2.24, 2.45) is 5.41 Å². The van der Waals surface area contributed by atoms with E-state index in [0.29, 0.717) is 11.4 Å². The lowest BCUT2D eigenvalue weighted by molar-refractivity contribution is 0.169. The van der Waals surface area contributed by atoms with Gasteiger partial charge in [0.2, 0.25) is 10.0 Å². The Morgan fingerprint density at radius 3 is 2.38 bits per heavy atom. The Morgan fingerprint density at radius 2 is 1.77 bits per heavy atom. The molecule has 2 aromatic carbocycles. The summed E-state index contributed by atoms with van der Waals surface area (Å²) in [6.45, 7) is 6.44. The summed E-state index contributed by atoms with van der Waals surface area (Å²) in [7, 11) is -2.38. The van der Waals surface area contributed by atoms with Gasteiger partial charge in [-0.2, -0.15) is 14.5 Å². The van der Waals surface area contributed by atoms with Gasteiger partial charge in [-0.05, 0) is 72.2 Å². The molecule has 1 heterocycles. The third kappa shape index (κ3) is 4.19. The van der Waals surface area contributed by atoms with E-state index < -0.39 is 33.1 Å². The number of likely N-dealkylation sites (N-methyl/N-ethyl adjacent to an activating group) is 1. The molecule has 0 spiro atoms. The van der Waals surface area contributed by atoms with E-state index >= 15 is 0 Å². The predicted molar refractivity (Wildman–Crippen MR) is 144 cm³/mol. The van der Waals surface area contributed by atoms with Crippen molar-refractivity contribution < 1.29 is 22.0 Å². The molecule has 5 rings (SSSR count). The molecule has 2 aliphatic rings. The lowest BCUT2D eigenvalue weighted by atomic mass is 9.68. The van der Waals surface area contributed by atoms with Crippen LogP contribution >= 0.6 is 0 Å². The van der Waals surface area contributed by atoms with Gasteiger partial charge in [-0.3, -0.25) is 0 Å². The number of carbonyl (C=O) groups excluding carboxylic acids is 1. The van der Waals surface area contributed by atoms with Crippen molar-refractivity contribution in [1.29, 1.82) is 0 Å². The zero-order valence-corrected chi connectivity index (χ0v) is 23.1. The number of carbonyl (C=O) groups is 1. The molecule has 2 amide bonds. The molecule has 2 aliphatic carbocycles. The molecule has 0 unspecified atom stereocenters. The summed E-state index contributed by atoms with van der Waals surface area (Å²) in [5.74, 6) is -1.37. The summed E-state index contributed by atoms with van der Waals surface area (Å²) in [5, 5.41) is 13.8. The maximum absolute atomic E-state index is 14.5. The zero-order chi connectivity index (χ0) is 28.2. The molecule has 1 fully saturated rings. The van der Waals surface area contributed by atoms with E-state index in [4.69, 9.17) is 0 Å². The first kappa shape index (κ1) is 27.1. The largest absolute Gasteiger partial charge is 0.341 e. The quantitative estimate of drug-likeness (QED) is 0.425. The van der Waals surface area contributed by atoms with Gasteiger partial charge in [-0.15, -0.1) is 0 Å². The molecular weight excluding hydrogens is 524 g/mol. The number of rotatable bonds is 7. The van der Waals surface area contributed by atoms with Crippen molar-refractivity contribution in [3.8, 4) is 11.3 Å². The average Bonchev–Trinajstić information content (AvgIpc) is 3.26. The van der Waals surface area contributed by atoms with Gasteiger partial charge in [0, 0.05) is 31.2 Å². The van der Waals surface area contributed by atoms with E-state index in [0.717, 1.165) is 18.4 Å². The van der Waals surface area contributed by atoms with Gasteiger partial charge in [0.05, 0.1) is 21.8 Å². The van der Waals surface area contributed by atoms with Crippen molar-refractivity contribution in [2.75, 3.05) is 25.5 Å². The van der Waals surface area contributed by atoms with Crippen LogP contribution in [0.1, 0.15) is 50.8 Å². The first-order chi connectivity index (χ1) is 18.5. The minimum Gasteiger partial charge on any atom is -0.341 e. The number of hydrogen-bond acceptors (Lipinski definition) is 5. The number of aromatic nitrogens is 2. The SMILES string of the molecule is CCN(C[C@@]12CC[C@@H](c3cc(-c4c(F)cccc4F)nnc31)C2(C)C)S(=O)(=O)c1ccc(NC(=O)NC)cc1. The van der Waals surface area contributed by atoms with Gasteiger partial charge in [-0.1, -0.05) is 26.8 Å². The van der Waals surface area contributed by atoms with Crippen LogP contribution < -0.4 is 10.6 Å². The average molecular weight is 556 g/mol. The van der Waals surface area contributed by atoms with Gasteiger partial charge >= 0.3 is 6.03 Å². The van der Waals surface area contributed by atoms with Gasteiger partial charge < -0.3 is 10.6 Å². The fraction of sp³-hybridized carbons (Fsp3) is 0.393. The van der Waals surface area contributed by atoms with Crippen LogP contribution in [0.25, 0.3) is 11.3 Å². The Morgan fingerprint density at radius 1 is 1.10 bits per heavy atom. The molecular formula is C28H31F2N5O3S. The van der Waals surface area contributed by atoms with E-state index in [1.165, 1.54) is 41.7 Å². The number of nitrogens with one attached hydrogen (secondary N) is 2. The molecule has 1 saturated carbocycles. The van der Waals surface area contributed by atoms with Crippen molar-refractivity contribution in [3.05, 3.63) is 71.4 Å². The molecule has 39 heavy (non-hydrogen) atoms. The molecule has 206 valence electrons. The Labute approximate surface area is 226 Å². The topological polar surface area (TPSA) is 104 Å². The number of urea groups is 1. The highest BCUT2D eigenvalue weighted by atomic mass is 32.2. The van der Waals surface area contributed by atoms with Crippen LogP contribution in [0.3, 0.4) is 0 Å². The molecule has 0 saturated heterocycles. The number of nitrogens with zero attached hydrogens (tertiary/aromatic N) is 3. The molecule has 2 bridgehead atoms. The van der Waals surface area contributed by atoms with Crippen molar-refractivity contribution >= 4 is 21.7 Å². The first-order valence-electron chi connectivity index (χ1n) is 12.9. The second-order valence-corrected chi connectivity index (χ2v) is 12.6. The van der Waals surface area contributed by atoms with Crippen LogP contribution in [0.15, 0.2) is 53.4 Å². The van der Waals surface area contributed by atoms with Crippen LogP contribution in [0.4, 0.5) is 19.3 Å². The van der Waals surface area contributed by atoms with Gasteiger partial charge in [0.25, 0.3) is 0 Å². The van der Waals surface area contributed by atoms with Crippen molar-refractivity contribution in [1.82, 2.24) is 19.8 Å². The predicted octanol–water partition coefficient (Wildman–Crippen LogP) is 5.04. The highest BCUT2D eigenvalue weighted by molar-refractivity contribution is 7.89. The fourth-order valence-electron chi connectivity index (χ4n) is 6.36. The maximum Gasteiger partial charge on any atom is 0.318 e. The van der Waals surface area contributed by atoms with Crippen molar-refractivity contribution in [3.63, 3.8) is 0 Å². The summed E-state index contributed by atoms with van der Waals surface area (Å²) in [6, 6.07) is 11.0. The number of halogens is 2. The zero-order valence-electron chi connectivity index (χ0n) is 22.3. The molecule has 0 aliphatic heterocycles. The second kappa shape index (κ2) is 9.63. The molecule has 3 aromatic rings. The fourth-order valence-corrected chi connectivity index (χ4v) is 7.87. The Balaban J connectivity index is 1.50. The minimum absolute atomic E-state index is 0.0491. The van der Waals surface area contributed by atoms with Crippen LogP contribution in [0.2, 0.25) is 0 Å². The summed E-state index contributed by atoms with van der Waals surface area (Å²) >= 11 is 0. The third-order valence-corrected chi connectivity index (χ3v) is 10.5. The maximum atomic E-state index is 14.5. The molecule has 8 nitrogen and oxygen atoms in total. The number of fused-ring (bicyclic) bond motifs is 5. The number of benzene rings is 2. The highest BCUT2D eigenvalue weighted by Crippen LogP contribution is 2.67. The van der Waals surface area contributed by atoms with Gasteiger partial charge in [0.1, 0.15) is 11.6 Å². The summed E-state index contributed by atoms with van der Waals surface area (Å²) in [5.41, 5.74) is 0.983. The Kier molecular flexibility index (Phi) is 6.70. The smallest absolute Gasteiger partial charge is 0.318 e. The number of sulfonamides is 1. The van der Waals surface area contributed by atoms with E-state index in [-0.39, 0.29) is 40.6 Å². The third-order valence-electron chi connectivity index (χ3n) is 8.61. The van der Waals surface area contributed by atoms with Crippen LogP contribution in [0, 0.1) is 17.0 Å². The Hall–Kier alpha value is -3.44. The lowest BCUT2D eigenvalue weighted by Gasteiger charge is -2.41. The molecule has 11 heteroatoms. The molecule has 1 aromatic heterocycles. The standard InChI is InChI=1S/C28H31F2N5O3S/c1-5-35(39(37,38)18-11-9-17(10-12-18)32-26(36)31-4)16-28-14-13-20(27(28,2)3)19-15-23(33-34-25(19)28)24-21(29)7-6-8-22(24)30/h6-12,15,20H,5,13-14,16H2,1-4H3,(H2,31,32,36)/t20-,28-/m0/s1. The van der Waals surface area contributed by atoms with Crippen LogP contribution in [-0.4, -0.2) is 49.1 Å². The van der Waals surface area contributed by atoms with Crippen molar-refractivity contribution in [2.45, 2.75) is 49.8 Å². The summed E-state index contributed by atoms with van der Waals surface area (Å²) in [6.07, 6.45) is 1.53. The second-order valence-electron chi connectivity index (χ2n) is 10.7. The molecule has 0 radical (unpaired) electrons.